The summed E-state index contributed by atoms with van der Waals surface area (Å²) in [5, 5.41) is 0. The lowest BCUT2D eigenvalue weighted by atomic mass is 10.1. The summed E-state index contributed by atoms with van der Waals surface area (Å²) in [5.41, 5.74) is -3.62. The summed E-state index contributed by atoms with van der Waals surface area (Å²) in [6.45, 7) is 28.1. The van der Waals surface area contributed by atoms with Gasteiger partial charge in [-0.15, -0.1) is 0 Å². The van der Waals surface area contributed by atoms with E-state index >= 15 is 0 Å². The zero-order valence-corrected chi connectivity index (χ0v) is 34.2. The molecule has 0 radical (unpaired) electrons. The average Bonchev–Trinajstić information content (AvgIpc) is 2.89. The van der Waals surface area contributed by atoms with Crippen molar-refractivity contribution >= 4 is 29.8 Å². The van der Waals surface area contributed by atoms with Gasteiger partial charge in [-0.3, -0.25) is 43.6 Å². The van der Waals surface area contributed by atoms with Crippen LogP contribution in [0.2, 0.25) is 0 Å². The third-order valence-corrected chi connectivity index (χ3v) is 6.73. The highest BCUT2D eigenvalue weighted by Gasteiger charge is 2.33. The van der Waals surface area contributed by atoms with Gasteiger partial charge in [-0.1, -0.05) is 0 Å². The molecule has 1 fully saturated rings. The zero-order valence-electron chi connectivity index (χ0n) is 34.2. The van der Waals surface area contributed by atoms with E-state index in [1.165, 1.54) is 0 Å². The van der Waals surface area contributed by atoms with Gasteiger partial charge in [-0.05, 0) is 104 Å². The lowest BCUT2D eigenvalue weighted by Crippen LogP contribution is -2.55. The maximum Gasteiger partial charge on any atom is 0.320 e. The van der Waals surface area contributed by atoms with Crippen LogP contribution in [-0.4, -0.2) is 155 Å². The third kappa shape index (κ3) is 23.4. The van der Waals surface area contributed by atoms with E-state index in [4.69, 9.17) is 23.7 Å². The Bertz CT molecular complexity index is 1140. The molecule has 0 aliphatic carbocycles. The van der Waals surface area contributed by atoms with Crippen LogP contribution in [0.25, 0.3) is 0 Å². The monoisotopic (exact) mass is 728 g/mol. The van der Waals surface area contributed by atoms with Crippen LogP contribution in [0.1, 0.15) is 104 Å². The molecule has 0 amide bonds. The summed E-state index contributed by atoms with van der Waals surface area (Å²) in [7, 11) is 0. The molecule has 1 rings (SSSR count). The Hall–Kier alpha value is -2.81. The molecular formula is C37H68N4O10. The number of esters is 5. The van der Waals surface area contributed by atoms with Crippen molar-refractivity contribution < 1.29 is 47.7 Å². The number of carbonyl (C=O) groups excluding carboxylic acids is 5. The van der Waals surface area contributed by atoms with Gasteiger partial charge in [0.25, 0.3) is 0 Å². The normalized spacial score (nSPS) is 17.9. The Morgan fingerprint density at radius 2 is 0.784 bits per heavy atom. The number of rotatable bonds is 12. The van der Waals surface area contributed by atoms with E-state index in [1.54, 1.807) is 109 Å². The van der Waals surface area contributed by atoms with Gasteiger partial charge in [-0.25, -0.2) is 0 Å². The minimum atomic E-state index is -0.753. The van der Waals surface area contributed by atoms with Gasteiger partial charge in [0, 0.05) is 45.3 Å². The van der Waals surface area contributed by atoms with Gasteiger partial charge in [0.15, 0.2) is 0 Å². The highest BCUT2D eigenvalue weighted by molar-refractivity contribution is 5.76. The molecule has 0 aromatic heterocycles. The van der Waals surface area contributed by atoms with Crippen LogP contribution in [0.3, 0.4) is 0 Å². The van der Waals surface area contributed by atoms with Crippen molar-refractivity contribution in [3.05, 3.63) is 0 Å². The Morgan fingerprint density at radius 3 is 1.18 bits per heavy atom. The number of carbonyl (C=O) groups is 5. The average molecular weight is 729 g/mol. The molecule has 1 saturated heterocycles. The van der Waals surface area contributed by atoms with E-state index < -0.39 is 63.9 Å². The molecule has 0 bridgehead atoms. The minimum Gasteiger partial charge on any atom is -0.459 e. The molecule has 0 aromatic carbocycles. The summed E-state index contributed by atoms with van der Waals surface area (Å²) in [5.74, 6) is -2.34. The predicted molar refractivity (Wildman–Crippen MR) is 194 cm³/mol. The van der Waals surface area contributed by atoms with Gasteiger partial charge in [0.2, 0.25) is 0 Å². The standard InChI is InChI=1S/C37H68N4O10/c1-33(2,3)47-28(42)22-38-16-17-39(23-29(43)48-34(4,5)6)20-27(41(19-18-38)26-32(46)51-37(13,14)15)21-40(24-30(44)49-35(7,8)9)25-31(45)50-36(10,11)12/h27H,16-26H2,1-15H3. The summed E-state index contributed by atoms with van der Waals surface area (Å²) in [6, 6.07) is -0.494. The number of hydrogen-bond acceptors (Lipinski definition) is 14. The van der Waals surface area contributed by atoms with Crippen molar-refractivity contribution in [2.75, 3.05) is 72.0 Å². The first-order valence-electron chi connectivity index (χ1n) is 17.9. The second kappa shape index (κ2) is 18.8. The molecule has 0 spiro atoms. The Balaban J connectivity index is 3.64. The van der Waals surface area contributed by atoms with Crippen molar-refractivity contribution in [3.63, 3.8) is 0 Å². The Labute approximate surface area is 306 Å². The van der Waals surface area contributed by atoms with Crippen LogP contribution < -0.4 is 0 Å². The first kappa shape index (κ1) is 46.2. The summed E-state index contributed by atoms with van der Waals surface area (Å²) >= 11 is 0. The predicted octanol–water partition coefficient (Wildman–Crippen LogP) is 3.29. The molecule has 1 aliphatic heterocycles. The molecule has 14 heteroatoms. The lowest BCUT2D eigenvalue weighted by Gasteiger charge is -2.37. The van der Waals surface area contributed by atoms with Crippen molar-refractivity contribution in [2.24, 2.45) is 0 Å². The second-order valence-electron chi connectivity index (χ2n) is 18.2. The summed E-state index contributed by atoms with van der Waals surface area (Å²) in [6.07, 6.45) is 0. The number of hydrogen-bond donors (Lipinski definition) is 0. The van der Waals surface area contributed by atoms with E-state index in [2.05, 4.69) is 0 Å². The maximum atomic E-state index is 13.3. The summed E-state index contributed by atoms with van der Waals surface area (Å²) < 4.78 is 28.2. The smallest absolute Gasteiger partial charge is 0.320 e. The van der Waals surface area contributed by atoms with Gasteiger partial charge >= 0.3 is 29.8 Å². The van der Waals surface area contributed by atoms with Crippen molar-refractivity contribution in [3.8, 4) is 0 Å². The highest BCUT2D eigenvalue weighted by Crippen LogP contribution is 2.17. The maximum absolute atomic E-state index is 13.3. The molecule has 0 N–H and O–H groups in total. The number of ether oxygens (including phenoxy) is 5. The summed E-state index contributed by atoms with van der Waals surface area (Å²) in [4.78, 5) is 73.1. The molecule has 1 heterocycles. The fourth-order valence-electron chi connectivity index (χ4n) is 5.28. The van der Waals surface area contributed by atoms with Gasteiger partial charge in [-0.2, -0.15) is 0 Å². The van der Waals surface area contributed by atoms with Crippen molar-refractivity contribution in [1.29, 1.82) is 0 Å². The fourth-order valence-corrected chi connectivity index (χ4v) is 5.28. The van der Waals surface area contributed by atoms with Crippen LogP contribution in [-0.2, 0) is 47.7 Å². The van der Waals surface area contributed by atoms with Crippen molar-refractivity contribution in [1.82, 2.24) is 19.6 Å². The van der Waals surface area contributed by atoms with Crippen LogP contribution in [0, 0.1) is 0 Å². The molecule has 1 unspecified atom stereocenters. The molecule has 0 aromatic rings. The van der Waals surface area contributed by atoms with E-state index in [9.17, 15) is 24.0 Å². The van der Waals surface area contributed by atoms with Crippen LogP contribution >= 0.6 is 0 Å². The third-order valence-electron chi connectivity index (χ3n) is 6.73. The number of nitrogens with zero attached hydrogens (tertiary/aromatic N) is 4. The molecule has 296 valence electrons. The van der Waals surface area contributed by atoms with Crippen LogP contribution in [0.15, 0.2) is 0 Å². The van der Waals surface area contributed by atoms with Gasteiger partial charge < -0.3 is 23.7 Å². The molecule has 51 heavy (non-hydrogen) atoms. The van der Waals surface area contributed by atoms with E-state index in [-0.39, 0.29) is 45.8 Å². The van der Waals surface area contributed by atoms with Crippen LogP contribution in [0.4, 0.5) is 0 Å². The first-order chi connectivity index (χ1) is 22.9. The van der Waals surface area contributed by atoms with E-state index in [0.717, 1.165) is 0 Å². The molecule has 0 saturated carbocycles. The highest BCUT2D eigenvalue weighted by atomic mass is 16.6. The second-order valence-corrected chi connectivity index (χ2v) is 18.2. The quantitative estimate of drug-likeness (QED) is 0.214. The SMILES string of the molecule is CC(C)(C)OC(=O)CN1CCN(CC(=O)OC(C)(C)C)CC(CN(CC(=O)OC(C)(C)C)CC(=O)OC(C)(C)C)N(CC(=O)OC(C)(C)C)CC1. The van der Waals surface area contributed by atoms with Gasteiger partial charge in [0.05, 0.1) is 32.7 Å². The minimum absolute atomic E-state index is 0.00586. The molecule has 1 aliphatic rings. The Kier molecular flexibility index (Phi) is 17.0. The Morgan fingerprint density at radius 1 is 0.471 bits per heavy atom. The lowest BCUT2D eigenvalue weighted by molar-refractivity contribution is -0.162. The van der Waals surface area contributed by atoms with E-state index in [1.807, 2.05) is 14.7 Å². The molecule has 14 nitrogen and oxygen atoms in total. The largest absolute Gasteiger partial charge is 0.459 e. The first-order valence-corrected chi connectivity index (χ1v) is 17.9. The molecule has 1 atom stereocenters. The van der Waals surface area contributed by atoms with Crippen molar-refractivity contribution in [2.45, 2.75) is 138 Å². The van der Waals surface area contributed by atoms with Crippen LogP contribution in [0.5, 0.6) is 0 Å². The fraction of sp³-hybridized carbons (Fsp3) is 0.865. The molecular weight excluding hydrogens is 660 g/mol. The van der Waals surface area contributed by atoms with E-state index in [0.29, 0.717) is 26.2 Å². The topological polar surface area (TPSA) is 144 Å². The van der Waals surface area contributed by atoms with Gasteiger partial charge in [0.1, 0.15) is 28.0 Å². The zero-order chi connectivity index (χ0) is 39.6.